The predicted octanol–water partition coefficient (Wildman–Crippen LogP) is 4.60. The average Bonchev–Trinajstić information content (AvgIpc) is 2.41. The number of nitrogens with zero attached hydrogens (tertiary/aromatic N) is 1. The number of hydrogen-bond acceptors (Lipinski definition) is 2. The third kappa shape index (κ3) is 2.29. The van der Waals surface area contributed by atoms with E-state index in [-0.39, 0.29) is 0 Å². The summed E-state index contributed by atoms with van der Waals surface area (Å²) >= 11 is 0. The molecule has 0 saturated carbocycles. The molecule has 0 radical (unpaired) electrons. The maximum absolute atomic E-state index is 4.56. The molecule has 1 N–H and O–H groups in total. The van der Waals surface area contributed by atoms with Crippen molar-refractivity contribution in [1.29, 1.82) is 0 Å². The summed E-state index contributed by atoms with van der Waals surface area (Å²) in [5.41, 5.74) is 5.53. The number of aromatic nitrogens is 1. The molecule has 0 saturated heterocycles. The summed E-state index contributed by atoms with van der Waals surface area (Å²) in [5, 5.41) is 4.67. The molecule has 1 heterocycles. The summed E-state index contributed by atoms with van der Waals surface area (Å²) < 4.78 is 0. The number of rotatable bonds is 2. The van der Waals surface area contributed by atoms with E-state index < -0.39 is 0 Å². The van der Waals surface area contributed by atoms with Crippen molar-refractivity contribution < 1.29 is 0 Å². The van der Waals surface area contributed by atoms with Crippen molar-refractivity contribution in [3.63, 3.8) is 0 Å². The van der Waals surface area contributed by atoms with Crippen molar-refractivity contribution in [2.24, 2.45) is 0 Å². The van der Waals surface area contributed by atoms with Crippen LogP contribution in [0.3, 0.4) is 0 Å². The van der Waals surface area contributed by atoms with Gasteiger partial charge in [0, 0.05) is 22.5 Å². The highest BCUT2D eigenvalue weighted by molar-refractivity contribution is 5.93. The standard InChI is InChI=1S/C17H16N2/c1-12-7-3-5-9-15(12)19-17-11-13(2)18-16-10-6-4-8-14(16)17/h3-11H,1-2H3,(H,18,19). The molecule has 0 aliphatic heterocycles. The van der Waals surface area contributed by atoms with Gasteiger partial charge >= 0.3 is 0 Å². The number of aryl methyl sites for hydroxylation is 2. The number of para-hydroxylation sites is 2. The number of benzene rings is 2. The van der Waals surface area contributed by atoms with E-state index in [0.29, 0.717) is 0 Å². The van der Waals surface area contributed by atoms with Crippen LogP contribution in [0, 0.1) is 13.8 Å². The molecule has 94 valence electrons. The van der Waals surface area contributed by atoms with Crippen LogP contribution in [0.2, 0.25) is 0 Å². The molecule has 0 aliphatic carbocycles. The monoisotopic (exact) mass is 248 g/mol. The normalized spacial score (nSPS) is 10.6. The van der Waals surface area contributed by atoms with Gasteiger partial charge in [0.15, 0.2) is 0 Å². The lowest BCUT2D eigenvalue weighted by molar-refractivity contribution is 1.25. The lowest BCUT2D eigenvalue weighted by Gasteiger charge is -2.12. The van der Waals surface area contributed by atoms with Crippen molar-refractivity contribution >= 4 is 22.3 Å². The summed E-state index contributed by atoms with van der Waals surface area (Å²) in [6, 6.07) is 18.6. The van der Waals surface area contributed by atoms with Crippen LogP contribution in [-0.4, -0.2) is 4.98 Å². The van der Waals surface area contributed by atoms with Crippen molar-refractivity contribution in [2.75, 3.05) is 5.32 Å². The molecule has 3 aromatic rings. The van der Waals surface area contributed by atoms with Crippen molar-refractivity contribution in [1.82, 2.24) is 4.98 Å². The van der Waals surface area contributed by atoms with E-state index >= 15 is 0 Å². The molecule has 2 heteroatoms. The zero-order valence-electron chi connectivity index (χ0n) is 11.1. The average molecular weight is 248 g/mol. The molecule has 2 aromatic carbocycles. The van der Waals surface area contributed by atoms with E-state index in [2.05, 4.69) is 47.6 Å². The Morgan fingerprint density at radius 1 is 0.842 bits per heavy atom. The Morgan fingerprint density at radius 2 is 1.58 bits per heavy atom. The van der Waals surface area contributed by atoms with Gasteiger partial charge in [0.1, 0.15) is 0 Å². The van der Waals surface area contributed by atoms with Gasteiger partial charge in [0.2, 0.25) is 0 Å². The minimum atomic E-state index is 1.02. The summed E-state index contributed by atoms with van der Waals surface area (Å²) in [6.07, 6.45) is 0. The third-order valence-electron chi connectivity index (χ3n) is 3.26. The van der Waals surface area contributed by atoms with Gasteiger partial charge in [0.05, 0.1) is 5.52 Å². The van der Waals surface area contributed by atoms with Gasteiger partial charge in [-0.3, -0.25) is 4.98 Å². The van der Waals surface area contributed by atoms with Gasteiger partial charge < -0.3 is 5.32 Å². The molecule has 0 fully saturated rings. The first-order valence-corrected chi connectivity index (χ1v) is 6.43. The maximum Gasteiger partial charge on any atom is 0.0726 e. The second kappa shape index (κ2) is 4.73. The van der Waals surface area contributed by atoms with Crippen LogP contribution in [0.4, 0.5) is 11.4 Å². The molecule has 3 rings (SSSR count). The fourth-order valence-corrected chi connectivity index (χ4v) is 2.27. The van der Waals surface area contributed by atoms with Gasteiger partial charge in [-0.05, 0) is 37.6 Å². The zero-order valence-corrected chi connectivity index (χ0v) is 11.1. The van der Waals surface area contributed by atoms with Crippen LogP contribution in [0.15, 0.2) is 54.6 Å². The predicted molar refractivity (Wildman–Crippen MR) is 80.9 cm³/mol. The van der Waals surface area contributed by atoms with Gasteiger partial charge in [-0.1, -0.05) is 36.4 Å². The maximum atomic E-state index is 4.56. The summed E-state index contributed by atoms with van der Waals surface area (Å²) in [4.78, 5) is 4.56. The Balaban J connectivity index is 2.13. The Labute approximate surface area is 113 Å². The van der Waals surface area contributed by atoms with Crippen molar-refractivity contribution in [3.8, 4) is 0 Å². The highest BCUT2D eigenvalue weighted by atomic mass is 14.9. The summed E-state index contributed by atoms with van der Waals surface area (Å²) in [6.45, 7) is 4.13. The zero-order chi connectivity index (χ0) is 13.2. The molecule has 2 nitrogen and oxygen atoms in total. The number of hydrogen-bond donors (Lipinski definition) is 1. The topological polar surface area (TPSA) is 24.9 Å². The van der Waals surface area contributed by atoms with Crippen molar-refractivity contribution in [2.45, 2.75) is 13.8 Å². The van der Waals surface area contributed by atoms with E-state index in [1.807, 2.05) is 31.2 Å². The molecule has 19 heavy (non-hydrogen) atoms. The minimum Gasteiger partial charge on any atom is -0.355 e. The number of nitrogens with one attached hydrogen (secondary N) is 1. The van der Waals surface area contributed by atoms with E-state index in [9.17, 15) is 0 Å². The fraction of sp³-hybridized carbons (Fsp3) is 0.118. The van der Waals surface area contributed by atoms with E-state index in [1.54, 1.807) is 0 Å². The van der Waals surface area contributed by atoms with E-state index in [0.717, 1.165) is 28.0 Å². The minimum absolute atomic E-state index is 1.02. The molecule has 0 atom stereocenters. The molecular formula is C17H16N2. The molecule has 0 bridgehead atoms. The lowest BCUT2D eigenvalue weighted by Crippen LogP contribution is -1.96. The lowest BCUT2D eigenvalue weighted by atomic mass is 10.1. The van der Waals surface area contributed by atoms with Gasteiger partial charge in [-0.15, -0.1) is 0 Å². The third-order valence-corrected chi connectivity index (χ3v) is 3.26. The molecule has 0 aliphatic rings. The highest BCUT2D eigenvalue weighted by Gasteiger charge is 2.04. The fourth-order valence-electron chi connectivity index (χ4n) is 2.27. The Bertz CT molecular complexity index is 732. The Hall–Kier alpha value is -2.35. The first kappa shape index (κ1) is 11.7. The summed E-state index contributed by atoms with van der Waals surface area (Å²) in [7, 11) is 0. The van der Waals surface area contributed by atoms with Crippen LogP contribution in [0.5, 0.6) is 0 Å². The van der Waals surface area contributed by atoms with Crippen LogP contribution in [0.25, 0.3) is 10.9 Å². The van der Waals surface area contributed by atoms with Gasteiger partial charge in [-0.2, -0.15) is 0 Å². The smallest absolute Gasteiger partial charge is 0.0726 e. The quantitative estimate of drug-likeness (QED) is 0.717. The molecular weight excluding hydrogens is 232 g/mol. The van der Waals surface area contributed by atoms with Gasteiger partial charge in [-0.25, -0.2) is 0 Å². The molecule has 0 spiro atoms. The van der Waals surface area contributed by atoms with Crippen LogP contribution in [0.1, 0.15) is 11.3 Å². The first-order chi connectivity index (χ1) is 9.24. The number of fused-ring (bicyclic) bond motifs is 1. The largest absolute Gasteiger partial charge is 0.355 e. The number of pyridine rings is 1. The van der Waals surface area contributed by atoms with E-state index in [1.165, 1.54) is 5.56 Å². The molecule has 0 amide bonds. The van der Waals surface area contributed by atoms with Gasteiger partial charge in [0.25, 0.3) is 0 Å². The molecule has 1 aromatic heterocycles. The Kier molecular flexibility index (Phi) is 2.92. The Morgan fingerprint density at radius 3 is 2.42 bits per heavy atom. The highest BCUT2D eigenvalue weighted by Crippen LogP contribution is 2.27. The summed E-state index contributed by atoms with van der Waals surface area (Å²) in [5.74, 6) is 0. The van der Waals surface area contributed by atoms with Crippen molar-refractivity contribution in [3.05, 3.63) is 65.9 Å². The molecule has 0 unspecified atom stereocenters. The SMILES string of the molecule is Cc1cc(Nc2ccccc2C)c2ccccc2n1. The van der Waals surface area contributed by atoms with Crippen LogP contribution < -0.4 is 5.32 Å². The van der Waals surface area contributed by atoms with Crippen LogP contribution >= 0.6 is 0 Å². The second-order valence-electron chi connectivity index (χ2n) is 4.77. The van der Waals surface area contributed by atoms with Crippen LogP contribution in [-0.2, 0) is 0 Å². The number of anilines is 2. The van der Waals surface area contributed by atoms with E-state index in [4.69, 9.17) is 0 Å². The second-order valence-corrected chi connectivity index (χ2v) is 4.77. The first-order valence-electron chi connectivity index (χ1n) is 6.43.